The van der Waals surface area contributed by atoms with Crippen molar-refractivity contribution in [3.8, 4) is 11.8 Å². The fourth-order valence-electron chi connectivity index (χ4n) is 2.85. The van der Waals surface area contributed by atoms with E-state index in [2.05, 4.69) is 43.0 Å². The molecule has 136 valence electrons. The second-order valence-electron chi connectivity index (χ2n) is 6.62. The minimum absolute atomic E-state index is 0.0882. The number of hydrogen-bond donors (Lipinski definition) is 0. The summed E-state index contributed by atoms with van der Waals surface area (Å²) < 4.78 is 0. The summed E-state index contributed by atoms with van der Waals surface area (Å²) in [5, 5.41) is 10.6. The van der Waals surface area contributed by atoms with Crippen LogP contribution < -0.4 is 0 Å². The second-order valence-corrected chi connectivity index (χ2v) is 6.62. The van der Waals surface area contributed by atoms with Gasteiger partial charge in [0.25, 0.3) is 5.69 Å². The molecule has 0 spiro atoms. The van der Waals surface area contributed by atoms with Gasteiger partial charge in [0, 0.05) is 23.3 Å². The van der Waals surface area contributed by atoms with Crippen molar-refractivity contribution in [3.63, 3.8) is 0 Å². The maximum Gasteiger partial charge on any atom is 0.269 e. The Morgan fingerprint density at radius 1 is 0.769 bits per heavy atom. The van der Waals surface area contributed by atoms with Gasteiger partial charge in [-0.15, -0.1) is 0 Å². The van der Waals surface area contributed by atoms with Crippen LogP contribution in [0.25, 0.3) is 0 Å². The fraction of sp³-hybridized carbons (Fsp3) is 0.391. The van der Waals surface area contributed by atoms with Gasteiger partial charge in [-0.3, -0.25) is 10.1 Å². The second kappa shape index (κ2) is 11.1. The Bertz CT molecular complexity index is 737. The van der Waals surface area contributed by atoms with E-state index >= 15 is 0 Å². The number of nitrogens with zero attached hydrogens (tertiary/aromatic N) is 1. The van der Waals surface area contributed by atoms with Crippen molar-refractivity contribution in [2.45, 2.75) is 58.3 Å². The first kappa shape index (κ1) is 19.7. The van der Waals surface area contributed by atoms with E-state index in [1.807, 2.05) is 0 Å². The van der Waals surface area contributed by atoms with Gasteiger partial charge in [0.15, 0.2) is 0 Å². The summed E-state index contributed by atoms with van der Waals surface area (Å²) in [6, 6.07) is 14.7. The Morgan fingerprint density at radius 3 is 1.81 bits per heavy atom. The molecule has 0 aromatic heterocycles. The lowest BCUT2D eigenvalue weighted by atomic mass is 10.0. The molecule has 3 heteroatoms. The molecule has 0 saturated heterocycles. The lowest BCUT2D eigenvalue weighted by Gasteiger charge is -2.02. The van der Waals surface area contributed by atoms with E-state index in [4.69, 9.17) is 0 Å². The number of aryl methyl sites for hydroxylation is 1. The third-order valence-corrected chi connectivity index (χ3v) is 4.45. The van der Waals surface area contributed by atoms with Crippen LogP contribution in [0, 0.1) is 22.0 Å². The van der Waals surface area contributed by atoms with Gasteiger partial charge >= 0.3 is 0 Å². The standard InChI is InChI=1S/C23H27NO2/c1-2-3-4-5-6-7-8-9-20-10-12-21(13-11-20)14-15-22-16-18-23(19-17-22)24(25)26/h10-13,16-19H,2-9H2,1H3. The molecular weight excluding hydrogens is 322 g/mol. The molecular formula is C23H27NO2. The van der Waals surface area contributed by atoms with Crippen LogP contribution >= 0.6 is 0 Å². The van der Waals surface area contributed by atoms with E-state index in [1.165, 1.54) is 62.6 Å². The van der Waals surface area contributed by atoms with Gasteiger partial charge in [0.1, 0.15) is 0 Å². The SMILES string of the molecule is CCCCCCCCCc1ccc(C#Cc2ccc([N+](=O)[O-])cc2)cc1. The van der Waals surface area contributed by atoms with Crippen molar-refractivity contribution in [2.24, 2.45) is 0 Å². The molecule has 0 aliphatic carbocycles. The molecule has 0 heterocycles. The summed E-state index contributed by atoms with van der Waals surface area (Å²) in [6.45, 7) is 2.25. The Morgan fingerprint density at radius 2 is 1.27 bits per heavy atom. The van der Waals surface area contributed by atoms with Crippen molar-refractivity contribution >= 4 is 5.69 Å². The third kappa shape index (κ3) is 7.11. The van der Waals surface area contributed by atoms with Crippen LogP contribution in [0.4, 0.5) is 5.69 Å². The Hall–Kier alpha value is -2.60. The molecule has 26 heavy (non-hydrogen) atoms. The highest BCUT2D eigenvalue weighted by Gasteiger charge is 2.02. The molecule has 0 saturated carbocycles. The Balaban J connectivity index is 1.78. The summed E-state index contributed by atoms with van der Waals surface area (Å²) in [7, 11) is 0. The summed E-state index contributed by atoms with van der Waals surface area (Å²) >= 11 is 0. The molecule has 0 atom stereocenters. The average Bonchev–Trinajstić information content (AvgIpc) is 2.67. The predicted octanol–water partition coefficient (Wildman–Crippen LogP) is 6.29. The predicted molar refractivity (Wildman–Crippen MR) is 107 cm³/mol. The molecule has 0 bridgehead atoms. The van der Waals surface area contributed by atoms with Gasteiger partial charge in [-0.25, -0.2) is 0 Å². The van der Waals surface area contributed by atoms with Crippen LogP contribution in [-0.2, 0) is 6.42 Å². The van der Waals surface area contributed by atoms with E-state index in [-0.39, 0.29) is 5.69 Å². The molecule has 0 aliphatic heterocycles. The number of nitro groups is 1. The first-order valence-corrected chi connectivity index (χ1v) is 9.54. The maximum absolute atomic E-state index is 10.6. The summed E-state index contributed by atoms with van der Waals surface area (Å²) in [6.07, 6.45) is 10.4. The Kier molecular flexibility index (Phi) is 8.42. The highest BCUT2D eigenvalue weighted by atomic mass is 16.6. The number of nitro benzene ring substituents is 1. The first-order chi connectivity index (χ1) is 12.7. The van der Waals surface area contributed by atoms with Crippen LogP contribution in [0.5, 0.6) is 0 Å². The van der Waals surface area contributed by atoms with Gasteiger partial charge in [-0.1, -0.05) is 69.4 Å². The van der Waals surface area contributed by atoms with Crippen molar-refractivity contribution in [1.82, 2.24) is 0 Å². The minimum Gasteiger partial charge on any atom is -0.258 e. The zero-order valence-electron chi connectivity index (χ0n) is 15.5. The van der Waals surface area contributed by atoms with E-state index in [0.717, 1.165) is 17.5 Å². The van der Waals surface area contributed by atoms with Crippen molar-refractivity contribution < 1.29 is 4.92 Å². The smallest absolute Gasteiger partial charge is 0.258 e. The molecule has 0 radical (unpaired) electrons. The normalized spacial score (nSPS) is 10.2. The van der Waals surface area contributed by atoms with E-state index in [1.54, 1.807) is 12.1 Å². The molecule has 0 amide bonds. The monoisotopic (exact) mass is 349 g/mol. The van der Waals surface area contributed by atoms with E-state index in [0.29, 0.717) is 0 Å². The number of unbranched alkanes of at least 4 members (excludes halogenated alkanes) is 6. The van der Waals surface area contributed by atoms with Crippen molar-refractivity contribution in [2.75, 3.05) is 0 Å². The zero-order valence-corrected chi connectivity index (χ0v) is 15.5. The summed E-state index contributed by atoms with van der Waals surface area (Å²) in [4.78, 5) is 10.2. The molecule has 3 nitrogen and oxygen atoms in total. The van der Waals surface area contributed by atoms with Crippen LogP contribution in [-0.4, -0.2) is 4.92 Å². The van der Waals surface area contributed by atoms with Crippen LogP contribution in [0.1, 0.15) is 68.6 Å². The van der Waals surface area contributed by atoms with Gasteiger partial charge < -0.3 is 0 Å². The van der Waals surface area contributed by atoms with Gasteiger partial charge in [-0.05, 0) is 42.7 Å². The quantitative estimate of drug-likeness (QED) is 0.231. The highest BCUT2D eigenvalue weighted by Crippen LogP contribution is 2.13. The van der Waals surface area contributed by atoms with Crippen molar-refractivity contribution in [3.05, 3.63) is 75.3 Å². The topological polar surface area (TPSA) is 43.1 Å². The van der Waals surface area contributed by atoms with Gasteiger partial charge in [-0.2, -0.15) is 0 Å². The Labute approximate surface area is 156 Å². The fourth-order valence-corrected chi connectivity index (χ4v) is 2.85. The lowest BCUT2D eigenvalue weighted by Crippen LogP contribution is -1.87. The van der Waals surface area contributed by atoms with Crippen molar-refractivity contribution in [1.29, 1.82) is 0 Å². The molecule has 2 aromatic carbocycles. The molecule has 0 aliphatic rings. The number of benzene rings is 2. The summed E-state index contributed by atoms with van der Waals surface area (Å²) in [5.41, 5.74) is 3.19. The molecule has 2 rings (SSSR count). The van der Waals surface area contributed by atoms with Gasteiger partial charge in [0.05, 0.1) is 4.92 Å². The zero-order chi connectivity index (χ0) is 18.6. The highest BCUT2D eigenvalue weighted by molar-refractivity contribution is 5.46. The maximum atomic E-state index is 10.6. The number of rotatable bonds is 9. The van der Waals surface area contributed by atoms with Crippen LogP contribution in [0.2, 0.25) is 0 Å². The first-order valence-electron chi connectivity index (χ1n) is 9.54. The molecule has 0 unspecified atom stereocenters. The molecule has 0 fully saturated rings. The third-order valence-electron chi connectivity index (χ3n) is 4.45. The van der Waals surface area contributed by atoms with E-state index in [9.17, 15) is 10.1 Å². The van der Waals surface area contributed by atoms with E-state index < -0.39 is 4.92 Å². The van der Waals surface area contributed by atoms with Crippen LogP contribution in [0.15, 0.2) is 48.5 Å². The molecule has 0 N–H and O–H groups in total. The molecule has 2 aromatic rings. The minimum atomic E-state index is -0.402. The summed E-state index contributed by atoms with van der Waals surface area (Å²) in [5.74, 6) is 6.16. The lowest BCUT2D eigenvalue weighted by molar-refractivity contribution is -0.384. The number of hydrogen-bond acceptors (Lipinski definition) is 2. The largest absolute Gasteiger partial charge is 0.269 e. The number of non-ortho nitro benzene ring substituents is 1. The van der Waals surface area contributed by atoms with Gasteiger partial charge in [0.2, 0.25) is 0 Å². The average molecular weight is 349 g/mol. The van der Waals surface area contributed by atoms with Crippen LogP contribution in [0.3, 0.4) is 0 Å².